The van der Waals surface area contributed by atoms with E-state index in [1.165, 1.54) is 5.56 Å². The lowest BCUT2D eigenvalue weighted by Crippen LogP contribution is -2.34. The van der Waals surface area contributed by atoms with Crippen molar-refractivity contribution in [2.45, 2.75) is 43.5 Å². The highest BCUT2D eigenvalue weighted by Gasteiger charge is 2.33. The van der Waals surface area contributed by atoms with Crippen LogP contribution in [0.5, 0.6) is 5.75 Å². The topological polar surface area (TPSA) is 46.6 Å². The van der Waals surface area contributed by atoms with Gasteiger partial charge in [-0.05, 0) is 49.6 Å². The summed E-state index contributed by atoms with van der Waals surface area (Å²) in [6, 6.07) is 14.8. The number of hydrogen-bond donors (Lipinski definition) is 0. The maximum absolute atomic E-state index is 13.3. The van der Waals surface area contributed by atoms with Crippen molar-refractivity contribution in [1.29, 1.82) is 0 Å². The van der Waals surface area contributed by atoms with Gasteiger partial charge in [0.1, 0.15) is 5.75 Å². The molecule has 5 heteroatoms. The lowest BCUT2D eigenvalue weighted by molar-refractivity contribution is 0.329. The molecular weight excluding hydrogens is 334 g/mol. The van der Waals surface area contributed by atoms with Gasteiger partial charge in [0.05, 0.1) is 18.0 Å². The van der Waals surface area contributed by atoms with Gasteiger partial charge in [-0.1, -0.05) is 42.7 Å². The van der Waals surface area contributed by atoms with Crippen molar-refractivity contribution in [3.05, 3.63) is 59.7 Å². The minimum Gasteiger partial charge on any atom is -0.497 e. The van der Waals surface area contributed by atoms with E-state index in [4.69, 9.17) is 4.74 Å². The average Bonchev–Trinajstić information content (AvgIpc) is 2.89. The van der Waals surface area contributed by atoms with E-state index in [9.17, 15) is 8.42 Å². The maximum Gasteiger partial charge on any atom is 0.243 e. The molecule has 1 aliphatic rings. The highest BCUT2D eigenvalue weighted by molar-refractivity contribution is 7.89. The van der Waals surface area contributed by atoms with E-state index in [-0.39, 0.29) is 6.04 Å². The zero-order chi connectivity index (χ0) is 17.9. The van der Waals surface area contributed by atoms with Gasteiger partial charge in [-0.25, -0.2) is 8.42 Å². The van der Waals surface area contributed by atoms with E-state index in [0.717, 1.165) is 31.2 Å². The monoisotopic (exact) mass is 359 g/mol. The first-order valence-corrected chi connectivity index (χ1v) is 10.2. The Balaban J connectivity index is 1.98. The third-order valence-electron chi connectivity index (χ3n) is 4.83. The first-order valence-electron chi connectivity index (χ1n) is 8.75. The Labute approximate surface area is 150 Å². The molecule has 0 bridgehead atoms. The van der Waals surface area contributed by atoms with Crippen LogP contribution in [0.1, 0.15) is 42.9 Å². The van der Waals surface area contributed by atoms with Gasteiger partial charge in [-0.2, -0.15) is 4.31 Å². The minimum atomic E-state index is -3.54. The summed E-state index contributed by atoms with van der Waals surface area (Å²) in [7, 11) is -1.96. The Morgan fingerprint density at radius 2 is 1.64 bits per heavy atom. The third-order valence-corrected chi connectivity index (χ3v) is 6.75. The van der Waals surface area contributed by atoms with Crippen molar-refractivity contribution in [2.24, 2.45) is 0 Å². The fourth-order valence-corrected chi connectivity index (χ4v) is 5.06. The summed E-state index contributed by atoms with van der Waals surface area (Å²) in [6.07, 6.45) is 3.88. The molecule has 0 radical (unpaired) electrons. The first-order chi connectivity index (χ1) is 12.0. The maximum atomic E-state index is 13.3. The van der Waals surface area contributed by atoms with Gasteiger partial charge in [-0.15, -0.1) is 0 Å². The van der Waals surface area contributed by atoms with Crippen LogP contribution in [0.3, 0.4) is 0 Å². The van der Waals surface area contributed by atoms with Crippen LogP contribution >= 0.6 is 0 Å². The molecule has 0 N–H and O–H groups in total. The van der Waals surface area contributed by atoms with Crippen molar-refractivity contribution in [3.8, 4) is 5.75 Å². The van der Waals surface area contributed by atoms with Crippen molar-refractivity contribution < 1.29 is 13.2 Å². The fourth-order valence-electron chi connectivity index (χ4n) is 3.37. The minimum absolute atomic E-state index is 0.102. The molecule has 1 atom stereocenters. The van der Waals surface area contributed by atoms with Gasteiger partial charge >= 0.3 is 0 Å². The molecule has 0 amide bonds. The summed E-state index contributed by atoms with van der Waals surface area (Å²) < 4.78 is 33.4. The molecule has 134 valence electrons. The van der Waals surface area contributed by atoms with Crippen LogP contribution in [-0.2, 0) is 10.0 Å². The van der Waals surface area contributed by atoms with E-state index >= 15 is 0 Å². The standard InChI is InChI=1S/C20H25NO3S/c1-16-7-9-17(10-8-16)20-6-4-3-5-15-21(20)25(22,23)19-13-11-18(24-2)12-14-19/h7-14,20H,3-6,15H2,1-2H3/t20-/m1/s1. The summed E-state index contributed by atoms with van der Waals surface area (Å²) in [5, 5.41) is 0. The smallest absolute Gasteiger partial charge is 0.243 e. The molecule has 3 rings (SSSR count). The molecule has 1 saturated heterocycles. The molecular formula is C20H25NO3S. The number of sulfonamides is 1. The van der Waals surface area contributed by atoms with Crippen molar-refractivity contribution in [3.63, 3.8) is 0 Å². The number of nitrogens with zero attached hydrogens (tertiary/aromatic N) is 1. The third kappa shape index (κ3) is 3.88. The van der Waals surface area contributed by atoms with Crippen LogP contribution < -0.4 is 4.74 Å². The molecule has 2 aromatic carbocycles. The number of benzene rings is 2. The van der Waals surface area contributed by atoms with Crippen LogP contribution in [0.25, 0.3) is 0 Å². The summed E-state index contributed by atoms with van der Waals surface area (Å²) in [6.45, 7) is 2.61. The van der Waals surface area contributed by atoms with Gasteiger partial charge in [-0.3, -0.25) is 0 Å². The van der Waals surface area contributed by atoms with E-state index < -0.39 is 10.0 Å². The zero-order valence-corrected chi connectivity index (χ0v) is 15.6. The molecule has 0 spiro atoms. The molecule has 0 saturated carbocycles. The predicted octanol–water partition coefficient (Wildman–Crippen LogP) is 4.31. The second-order valence-corrected chi connectivity index (χ2v) is 8.46. The molecule has 0 aromatic heterocycles. The highest BCUT2D eigenvalue weighted by Crippen LogP contribution is 2.35. The SMILES string of the molecule is COc1ccc(S(=O)(=O)N2CCCCC[C@@H]2c2ccc(C)cc2)cc1. The van der Waals surface area contributed by atoms with Crippen molar-refractivity contribution >= 4 is 10.0 Å². The molecule has 0 unspecified atom stereocenters. The van der Waals surface area contributed by atoms with E-state index in [1.54, 1.807) is 35.7 Å². The Kier molecular flexibility index (Phi) is 5.45. The Morgan fingerprint density at radius 3 is 2.28 bits per heavy atom. The van der Waals surface area contributed by atoms with Gasteiger partial charge in [0.25, 0.3) is 0 Å². The molecule has 0 aliphatic carbocycles. The molecule has 1 heterocycles. The lowest BCUT2D eigenvalue weighted by atomic mass is 10.0. The van der Waals surface area contributed by atoms with Gasteiger partial charge < -0.3 is 4.74 Å². The molecule has 1 fully saturated rings. The van der Waals surface area contributed by atoms with Gasteiger partial charge in [0.15, 0.2) is 0 Å². The predicted molar refractivity (Wildman–Crippen MR) is 99.3 cm³/mol. The van der Waals surface area contributed by atoms with Crippen molar-refractivity contribution in [2.75, 3.05) is 13.7 Å². The average molecular weight is 359 g/mol. The number of hydrogen-bond acceptors (Lipinski definition) is 3. The Bertz CT molecular complexity index is 798. The summed E-state index contributed by atoms with van der Waals surface area (Å²) >= 11 is 0. The Morgan fingerprint density at radius 1 is 0.960 bits per heavy atom. The molecule has 1 aliphatic heterocycles. The van der Waals surface area contributed by atoms with Crippen LogP contribution in [-0.4, -0.2) is 26.4 Å². The summed E-state index contributed by atoms with van der Waals surface area (Å²) in [5.74, 6) is 0.657. The second-order valence-electron chi connectivity index (χ2n) is 6.57. The first kappa shape index (κ1) is 18.0. The van der Waals surface area contributed by atoms with Crippen LogP contribution in [0, 0.1) is 6.92 Å². The van der Waals surface area contributed by atoms with Crippen molar-refractivity contribution in [1.82, 2.24) is 4.31 Å². The van der Waals surface area contributed by atoms with Crippen LogP contribution in [0.2, 0.25) is 0 Å². The normalized spacial score (nSPS) is 19.4. The lowest BCUT2D eigenvalue weighted by Gasteiger charge is -2.29. The summed E-state index contributed by atoms with van der Waals surface area (Å²) in [4.78, 5) is 0.326. The Hall–Kier alpha value is -1.85. The van der Waals surface area contributed by atoms with E-state index in [1.807, 2.05) is 6.92 Å². The van der Waals surface area contributed by atoms with E-state index in [0.29, 0.717) is 17.2 Å². The fraction of sp³-hybridized carbons (Fsp3) is 0.400. The summed E-state index contributed by atoms with van der Waals surface area (Å²) in [5.41, 5.74) is 2.26. The number of rotatable bonds is 4. The number of methoxy groups -OCH3 is 1. The second kappa shape index (κ2) is 7.58. The molecule has 4 nitrogen and oxygen atoms in total. The number of ether oxygens (including phenoxy) is 1. The molecule has 2 aromatic rings. The van der Waals surface area contributed by atoms with Gasteiger partial charge in [0.2, 0.25) is 10.0 Å². The van der Waals surface area contributed by atoms with Crippen LogP contribution in [0.4, 0.5) is 0 Å². The van der Waals surface area contributed by atoms with E-state index in [2.05, 4.69) is 24.3 Å². The highest BCUT2D eigenvalue weighted by atomic mass is 32.2. The molecule has 25 heavy (non-hydrogen) atoms. The zero-order valence-electron chi connectivity index (χ0n) is 14.8. The van der Waals surface area contributed by atoms with Crippen LogP contribution in [0.15, 0.2) is 53.4 Å². The quantitative estimate of drug-likeness (QED) is 0.817. The largest absolute Gasteiger partial charge is 0.497 e. The number of aryl methyl sites for hydroxylation is 1. The van der Waals surface area contributed by atoms with Gasteiger partial charge in [0, 0.05) is 6.54 Å².